The van der Waals surface area contributed by atoms with E-state index in [4.69, 9.17) is 9.84 Å². The standard InChI is InChI=1S/C10H12N2O4/c1-11-9(13)8-7(10(14)15)3-6(4-12-8)5-16-2/h3-4H,5H2,1-2H3,(H,11,13)(H,14,15). The van der Waals surface area contributed by atoms with Gasteiger partial charge in [0.2, 0.25) is 0 Å². The summed E-state index contributed by atoms with van der Waals surface area (Å²) in [6.45, 7) is 0.251. The first-order chi connectivity index (χ1) is 7.60. The van der Waals surface area contributed by atoms with E-state index in [0.29, 0.717) is 5.56 Å². The molecule has 1 rings (SSSR count). The highest BCUT2D eigenvalue weighted by atomic mass is 16.5. The summed E-state index contributed by atoms with van der Waals surface area (Å²) in [4.78, 5) is 26.1. The SMILES string of the molecule is CNC(=O)c1ncc(COC)cc1C(=O)O. The van der Waals surface area contributed by atoms with Crippen LogP contribution in [0.4, 0.5) is 0 Å². The van der Waals surface area contributed by atoms with E-state index in [1.807, 2.05) is 0 Å². The maximum absolute atomic E-state index is 11.3. The van der Waals surface area contributed by atoms with E-state index in [2.05, 4.69) is 10.3 Å². The highest BCUT2D eigenvalue weighted by Gasteiger charge is 2.17. The van der Waals surface area contributed by atoms with Crippen molar-refractivity contribution in [2.45, 2.75) is 6.61 Å². The molecular formula is C10H12N2O4. The number of pyridine rings is 1. The molecule has 0 bridgehead atoms. The number of aromatic carboxylic acids is 1. The van der Waals surface area contributed by atoms with Gasteiger partial charge in [0.05, 0.1) is 12.2 Å². The van der Waals surface area contributed by atoms with Gasteiger partial charge in [-0.25, -0.2) is 9.78 Å². The first-order valence-electron chi connectivity index (χ1n) is 4.53. The van der Waals surface area contributed by atoms with Crippen molar-refractivity contribution in [3.8, 4) is 0 Å². The number of amides is 1. The molecule has 0 unspecified atom stereocenters. The van der Waals surface area contributed by atoms with Crippen LogP contribution in [0.3, 0.4) is 0 Å². The maximum atomic E-state index is 11.3. The molecule has 0 saturated heterocycles. The van der Waals surface area contributed by atoms with Crippen LogP contribution in [0.2, 0.25) is 0 Å². The van der Waals surface area contributed by atoms with Gasteiger partial charge in [0.15, 0.2) is 0 Å². The Labute approximate surface area is 92.3 Å². The van der Waals surface area contributed by atoms with Gasteiger partial charge in [0, 0.05) is 20.4 Å². The van der Waals surface area contributed by atoms with Crippen molar-refractivity contribution in [1.82, 2.24) is 10.3 Å². The average Bonchev–Trinajstić information content (AvgIpc) is 2.28. The fraction of sp³-hybridized carbons (Fsp3) is 0.300. The topological polar surface area (TPSA) is 88.5 Å². The maximum Gasteiger partial charge on any atom is 0.338 e. The highest BCUT2D eigenvalue weighted by molar-refractivity contribution is 6.03. The minimum atomic E-state index is -1.19. The molecule has 0 atom stereocenters. The van der Waals surface area contributed by atoms with Gasteiger partial charge in [-0.05, 0) is 11.6 Å². The van der Waals surface area contributed by atoms with E-state index in [1.165, 1.54) is 26.4 Å². The summed E-state index contributed by atoms with van der Waals surface area (Å²) in [5.74, 6) is -1.72. The third-order valence-corrected chi connectivity index (χ3v) is 1.93. The van der Waals surface area contributed by atoms with Crippen molar-refractivity contribution in [1.29, 1.82) is 0 Å². The van der Waals surface area contributed by atoms with Crippen LogP contribution in [0.1, 0.15) is 26.4 Å². The van der Waals surface area contributed by atoms with Crippen molar-refractivity contribution in [2.75, 3.05) is 14.2 Å². The number of carboxylic acid groups (broad SMARTS) is 1. The molecule has 1 heterocycles. The Bertz CT molecular complexity index is 417. The quantitative estimate of drug-likeness (QED) is 0.767. The van der Waals surface area contributed by atoms with E-state index in [-0.39, 0.29) is 17.9 Å². The van der Waals surface area contributed by atoms with E-state index < -0.39 is 11.9 Å². The summed E-state index contributed by atoms with van der Waals surface area (Å²) >= 11 is 0. The van der Waals surface area contributed by atoms with Gasteiger partial charge in [0.25, 0.3) is 5.91 Å². The summed E-state index contributed by atoms with van der Waals surface area (Å²) in [6, 6.07) is 1.38. The second kappa shape index (κ2) is 5.22. The highest BCUT2D eigenvalue weighted by Crippen LogP contribution is 2.10. The largest absolute Gasteiger partial charge is 0.478 e. The number of aromatic nitrogens is 1. The number of nitrogens with zero attached hydrogens (tertiary/aromatic N) is 1. The Kier molecular flexibility index (Phi) is 3.96. The fourth-order valence-corrected chi connectivity index (χ4v) is 1.22. The number of methoxy groups -OCH3 is 1. The fourth-order valence-electron chi connectivity index (χ4n) is 1.22. The zero-order chi connectivity index (χ0) is 12.1. The van der Waals surface area contributed by atoms with Gasteiger partial charge in [0.1, 0.15) is 5.69 Å². The van der Waals surface area contributed by atoms with Crippen molar-refractivity contribution >= 4 is 11.9 Å². The number of hydrogen-bond donors (Lipinski definition) is 2. The van der Waals surface area contributed by atoms with Gasteiger partial charge >= 0.3 is 5.97 Å². The molecule has 1 aromatic heterocycles. The molecule has 1 aromatic rings. The molecule has 0 aliphatic heterocycles. The predicted molar refractivity (Wildman–Crippen MR) is 55.3 cm³/mol. The predicted octanol–water partition coefficient (Wildman–Crippen LogP) is 0.286. The Morgan fingerprint density at radius 1 is 1.56 bits per heavy atom. The van der Waals surface area contributed by atoms with Crippen molar-refractivity contribution < 1.29 is 19.4 Å². The van der Waals surface area contributed by atoms with Crippen molar-refractivity contribution in [2.24, 2.45) is 0 Å². The molecule has 2 N–H and O–H groups in total. The Hall–Kier alpha value is -1.95. The molecule has 16 heavy (non-hydrogen) atoms. The Balaban J connectivity index is 3.19. The van der Waals surface area contributed by atoms with E-state index in [0.717, 1.165) is 0 Å². The van der Waals surface area contributed by atoms with Crippen LogP contribution in [0, 0.1) is 0 Å². The Morgan fingerprint density at radius 3 is 2.75 bits per heavy atom. The van der Waals surface area contributed by atoms with E-state index in [9.17, 15) is 9.59 Å². The van der Waals surface area contributed by atoms with Crippen LogP contribution in [-0.4, -0.2) is 36.1 Å². The summed E-state index contributed by atoms with van der Waals surface area (Å²) in [5, 5.41) is 11.3. The number of carbonyl (C=O) groups is 2. The number of hydrogen-bond acceptors (Lipinski definition) is 4. The number of carbonyl (C=O) groups excluding carboxylic acids is 1. The molecular weight excluding hydrogens is 212 g/mol. The third-order valence-electron chi connectivity index (χ3n) is 1.93. The second-order valence-electron chi connectivity index (χ2n) is 3.06. The molecule has 6 heteroatoms. The number of rotatable bonds is 4. The molecule has 0 saturated carbocycles. The van der Waals surface area contributed by atoms with Crippen molar-refractivity contribution in [3.63, 3.8) is 0 Å². The lowest BCUT2D eigenvalue weighted by Crippen LogP contribution is -2.22. The lowest BCUT2D eigenvalue weighted by molar-refractivity contribution is 0.0690. The molecule has 1 amide bonds. The van der Waals surface area contributed by atoms with Crippen molar-refractivity contribution in [3.05, 3.63) is 29.1 Å². The van der Waals surface area contributed by atoms with E-state index >= 15 is 0 Å². The van der Waals surface area contributed by atoms with Gasteiger partial charge < -0.3 is 15.2 Å². The molecule has 0 aliphatic rings. The van der Waals surface area contributed by atoms with Crippen LogP contribution < -0.4 is 5.32 Å². The molecule has 6 nitrogen and oxygen atoms in total. The van der Waals surface area contributed by atoms with Crippen LogP contribution in [-0.2, 0) is 11.3 Å². The molecule has 0 aliphatic carbocycles. The molecule has 0 spiro atoms. The lowest BCUT2D eigenvalue weighted by Gasteiger charge is -2.06. The zero-order valence-corrected chi connectivity index (χ0v) is 8.98. The normalized spacial score (nSPS) is 9.88. The molecule has 0 aromatic carbocycles. The smallest absolute Gasteiger partial charge is 0.338 e. The molecule has 0 fully saturated rings. The third kappa shape index (κ3) is 2.54. The second-order valence-corrected chi connectivity index (χ2v) is 3.06. The zero-order valence-electron chi connectivity index (χ0n) is 8.98. The van der Waals surface area contributed by atoms with Gasteiger partial charge in [-0.3, -0.25) is 4.79 Å². The van der Waals surface area contributed by atoms with Gasteiger partial charge in [-0.15, -0.1) is 0 Å². The van der Waals surface area contributed by atoms with E-state index in [1.54, 1.807) is 0 Å². The number of carboxylic acids is 1. The van der Waals surface area contributed by atoms with Crippen LogP contribution in [0.25, 0.3) is 0 Å². The first-order valence-corrected chi connectivity index (χ1v) is 4.53. The molecule has 0 radical (unpaired) electrons. The van der Waals surface area contributed by atoms with Crippen LogP contribution >= 0.6 is 0 Å². The van der Waals surface area contributed by atoms with Gasteiger partial charge in [-0.1, -0.05) is 0 Å². The van der Waals surface area contributed by atoms with Crippen LogP contribution in [0.15, 0.2) is 12.3 Å². The first kappa shape index (κ1) is 12.1. The lowest BCUT2D eigenvalue weighted by atomic mass is 10.1. The molecule has 86 valence electrons. The minimum Gasteiger partial charge on any atom is -0.478 e. The summed E-state index contributed by atoms with van der Waals surface area (Å²) in [5.41, 5.74) is 0.372. The average molecular weight is 224 g/mol. The number of ether oxygens (including phenoxy) is 1. The monoisotopic (exact) mass is 224 g/mol. The summed E-state index contributed by atoms with van der Waals surface area (Å²) < 4.78 is 4.86. The number of nitrogens with one attached hydrogen (secondary N) is 1. The van der Waals surface area contributed by atoms with Crippen LogP contribution in [0.5, 0.6) is 0 Å². The summed E-state index contributed by atoms with van der Waals surface area (Å²) in [6.07, 6.45) is 1.42. The van der Waals surface area contributed by atoms with Gasteiger partial charge in [-0.2, -0.15) is 0 Å². The minimum absolute atomic E-state index is 0.102. The Morgan fingerprint density at radius 2 is 2.25 bits per heavy atom. The summed E-state index contributed by atoms with van der Waals surface area (Å²) in [7, 11) is 2.91.